The first-order valence-electron chi connectivity index (χ1n) is 7.04. The zero-order valence-corrected chi connectivity index (χ0v) is 12.1. The number of nitrogen functional groups attached to an aromatic ring is 1. The van der Waals surface area contributed by atoms with Crippen molar-refractivity contribution in [3.05, 3.63) is 59.7 Å². The maximum Gasteiger partial charge on any atom is 0.257 e. The van der Waals surface area contributed by atoms with Crippen molar-refractivity contribution in [1.82, 2.24) is 4.90 Å². The van der Waals surface area contributed by atoms with Crippen LogP contribution in [0.2, 0.25) is 0 Å². The van der Waals surface area contributed by atoms with Gasteiger partial charge in [0.15, 0.2) is 0 Å². The second kappa shape index (κ2) is 6.79. The highest BCUT2D eigenvalue weighted by molar-refractivity contribution is 5.96. The average molecular weight is 284 g/mol. The molecule has 21 heavy (non-hydrogen) atoms. The zero-order valence-electron chi connectivity index (χ0n) is 12.1. The van der Waals surface area contributed by atoms with Gasteiger partial charge in [0.2, 0.25) is 0 Å². The largest absolute Gasteiger partial charge is 0.507 e. The number of hydrogen-bond acceptors (Lipinski definition) is 3. The number of phenols is 1. The summed E-state index contributed by atoms with van der Waals surface area (Å²) < 4.78 is 0. The van der Waals surface area contributed by atoms with Crippen LogP contribution < -0.4 is 5.73 Å². The fraction of sp³-hybridized carbons (Fsp3) is 0.235. The standard InChI is InChI=1S/C17H20N2O2/c1-2-11-19(12-13-7-3-5-9-15(13)18)17(21)14-8-4-6-10-16(14)20/h3-10,20H,2,11-12,18H2,1H3. The van der Waals surface area contributed by atoms with Gasteiger partial charge < -0.3 is 15.7 Å². The van der Waals surface area contributed by atoms with Crippen LogP contribution in [-0.4, -0.2) is 22.5 Å². The first kappa shape index (κ1) is 14.9. The highest BCUT2D eigenvalue weighted by Gasteiger charge is 2.18. The number of aromatic hydroxyl groups is 1. The third kappa shape index (κ3) is 3.54. The van der Waals surface area contributed by atoms with E-state index in [0.29, 0.717) is 24.3 Å². The number of benzene rings is 2. The molecule has 0 spiro atoms. The topological polar surface area (TPSA) is 66.6 Å². The van der Waals surface area contributed by atoms with Crippen LogP contribution in [0.3, 0.4) is 0 Å². The molecule has 0 fully saturated rings. The summed E-state index contributed by atoms with van der Waals surface area (Å²) in [7, 11) is 0. The lowest BCUT2D eigenvalue weighted by Gasteiger charge is -2.23. The van der Waals surface area contributed by atoms with Crippen LogP contribution >= 0.6 is 0 Å². The Kier molecular flexibility index (Phi) is 4.82. The molecule has 4 heteroatoms. The van der Waals surface area contributed by atoms with Crippen LogP contribution in [-0.2, 0) is 6.54 Å². The monoisotopic (exact) mass is 284 g/mol. The van der Waals surface area contributed by atoms with Gasteiger partial charge in [-0.15, -0.1) is 0 Å². The molecule has 0 saturated heterocycles. The first-order valence-corrected chi connectivity index (χ1v) is 7.04. The Morgan fingerprint density at radius 3 is 2.48 bits per heavy atom. The number of hydrogen-bond donors (Lipinski definition) is 2. The summed E-state index contributed by atoms with van der Waals surface area (Å²) in [6, 6.07) is 14.1. The second-order valence-corrected chi connectivity index (χ2v) is 4.94. The number of carbonyl (C=O) groups is 1. The van der Waals surface area contributed by atoms with E-state index < -0.39 is 0 Å². The maximum absolute atomic E-state index is 12.6. The second-order valence-electron chi connectivity index (χ2n) is 4.94. The molecule has 0 saturated carbocycles. The quantitative estimate of drug-likeness (QED) is 0.829. The molecule has 0 unspecified atom stereocenters. The molecule has 110 valence electrons. The van der Waals surface area contributed by atoms with E-state index in [1.54, 1.807) is 23.1 Å². The molecule has 0 atom stereocenters. The van der Waals surface area contributed by atoms with Crippen molar-refractivity contribution >= 4 is 11.6 Å². The molecule has 0 bridgehead atoms. The molecule has 0 heterocycles. The number of anilines is 1. The molecule has 2 aromatic rings. The van der Waals surface area contributed by atoms with Gasteiger partial charge in [0.05, 0.1) is 5.56 Å². The molecular weight excluding hydrogens is 264 g/mol. The van der Waals surface area contributed by atoms with E-state index in [9.17, 15) is 9.90 Å². The van der Waals surface area contributed by atoms with Crippen LogP contribution in [0.5, 0.6) is 5.75 Å². The van der Waals surface area contributed by atoms with E-state index in [0.717, 1.165) is 12.0 Å². The summed E-state index contributed by atoms with van der Waals surface area (Å²) in [6.45, 7) is 3.06. The fourth-order valence-corrected chi connectivity index (χ4v) is 2.23. The Bertz CT molecular complexity index is 626. The van der Waals surface area contributed by atoms with E-state index >= 15 is 0 Å². The number of rotatable bonds is 5. The molecule has 4 nitrogen and oxygen atoms in total. The minimum atomic E-state index is -0.182. The van der Waals surface area contributed by atoms with Gasteiger partial charge in [0, 0.05) is 18.8 Å². The number of nitrogens with two attached hydrogens (primary N) is 1. The average Bonchev–Trinajstić information content (AvgIpc) is 2.49. The molecule has 0 aliphatic heterocycles. The summed E-state index contributed by atoms with van der Waals surface area (Å²) in [5.74, 6) is -0.178. The SMILES string of the molecule is CCCN(Cc1ccccc1N)C(=O)c1ccccc1O. The zero-order chi connectivity index (χ0) is 15.2. The molecule has 0 aromatic heterocycles. The Balaban J connectivity index is 2.25. The van der Waals surface area contributed by atoms with Crippen molar-refractivity contribution in [3.8, 4) is 5.75 Å². The van der Waals surface area contributed by atoms with Crippen molar-refractivity contribution in [2.45, 2.75) is 19.9 Å². The Hall–Kier alpha value is -2.49. The Morgan fingerprint density at radius 1 is 1.14 bits per heavy atom. The molecule has 0 radical (unpaired) electrons. The molecule has 2 aromatic carbocycles. The van der Waals surface area contributed by atoms with Gasteiger partial charge in [-0.1, -0.05) is 37.3 Å². The van der Waals surface area contributed by atoms with Gasteiger partial charge >= 0.3 is 0 Å². The molecule has 1 amide bonds. The Morgan fingerprint density at radius 2 is 1.81 bits per heavy atom. The third-order valence-electron chi connectivity index (χ3n) is 3.33. The van der Waals surface area contributed by atoms with Gasteiger partial charge in [-0.3, -0.25) is 4.79 Å². The lowest BCUT2D eigenvalue weighted by atomic mass is 10.1. The highest BCUT2D eigenvalue weighted by atomic mass is 16.3. The number of carbonyl (C=O) groups excluding carboxylic acids is 1. The van der Waals surface area contributed by atoms with E-state index in [2.05, 4.69) is 0 Å². The van der Waals surface area contributed by atoms with Crippen LogP contribution in [0.15, 0.2) is 48.5 Å². The molecule has 0 aliphatic rings. The normalized spacial score (nSPS) is 10.3. The van der Waals surface area contributed by atoms with Crippen LogP contribution in [0.1, 0.15) is 29.3 Å². The van der Waals surface area contributed by atoms with E-state index in [1.165, 1.54) is 6.07 Å². The van der Waals surface area contributed by atoms with Crippen LogP contribution in [0, 0.1) is 0 Å². The van der Waals surface area contributed by atoms with Crippen molar-refractivity contribution in [2.24, 2.45) is 0 Å². The highest BCUT2D eigenvalue weighted by Crippen LogP contribution is 2.20. The van der Waals surface area contributed by atoms with Crippen molar-refractivity contribution < 1.29 is 9.90 Å². The molecule has 0 aliphatic carbocycles. The summed E-state index contributed by atoms with van der Waals surface area (Å²) in [5, 5.41) is 9.85. The van der Waals surface area contributed by atoms with Gasteiger partial charge in [-0.05, 0) is 30.2 Å². The Labute approximate surface area is 124 Å². The van der Waals surface area contributed by atoms with Gasteiger partial charge in [0.1, 0.15) is 5.75 Å². The van der Waals surface area contributed by atoms with E-state index in [4.69, 9.17) is 5.73 Å². The van der Waals surface area contributed by atoms with Gasteiger partial charge in [-0.2, -0.15) is 0 Å². The van der Waals surface area contributed by atoms with E-state index in [-0.39, 0.29) is 11.7 Å². The lowest BCUT2D eigenvalue weighted by Crippen LogP contribution is -2.31. The third-order valence-corrected chi connectivity index (χ3v) is 3.33. The summed E-state index contributed by atoms with van der Waals surface area (Å²) in [4.78, 5) is 14.3. The van der Waals surface area contributed by atoms with Crippen LogP contribution in [0.25, 0.3) is 0 Å². The van der Waals surface area contributed by atoms with Gasteiger partial charge in [0.25, 0.3) is 5.91 Å². The summed E-state index contributed by atoms with van der Waals surface area (Å²) in [5.41, 5.74) is 7.85. The number of phenolic OH excluding ortho intramolecular Hbond substituents is 1. The smallest absolute Gasteiger partial charge is 0.257 e. The molecular formula is C17H20N2O2. The predicted octanol–water partition coefficient (Wildman–Crippen LogP) is 3.03. The van der Waals surface area contributed by atoms with Gasteiger partial charge in [-0.25, -0.2) is 0 Å². The number of amides is 1. The fourth-order valence-electron chi connectivity index (χ4n) is 2.23. The van der Waals surface area contributed by atoms with Crippen LogP contribution in [0.4, 0.5) is 5.69 Å². The molecule has 2 rings (SSSR count). The molecule has 3 N–H and O–H groups in total. The number of nitrogens with zero attached hydrogens (tertiary/aromatic N) is 1. The van der Waals surface area contributed by atoms with E-state index in [1.807, 2.05) is 31.2 Å². The van der Waals surface area contributed by atoms with Crippen molar-refractivity contribution in [1.29, 1.82) is 0 Å². The lowest BCUT2D eigenvalue weighted by molar-refractivity contribution is 0.0740. The van der Waals surface area contributed by atoms with Crippen molar-refractivity contribution in [2.75, 3.05) is 12.3 Å². The first-order chi connectivity index (χ1) is 10.1. The maximum atomic E-state index is 12.6. The summed E-state index contributed by atoms with van der Waals surface area (Å²) >= 11 is 0. The minimum absolute atomic E-state index is 0.00429. The minimum Gasteiger partial charge on any atom is -0.507 e. The van der Waals surface area contributed by atoms with Crippen molar-refractivity contribution in [3.63, 3.8) is 0 Å². The summed E-state index contributed by atoms with van der Waals surface area (Å²) in [6.07, 6.45) is 0.839. The number of para-hydroxylation sites is 2. The predicted molar refractivity (Wildman–Crippen MR) is 84.0 cm³/mol.